The number of carbonyl (C=O) groups excluding carboxylic acids is 1. The summed E-state index contributed by atoms with van der Waals surface area (Å²) in [5, 5.41) is 8.20. The molecule has 0 saturated carbocycles. The van der Waals surface area contributed by atoms with Crippen molar-refractivity contribution in [1.82, 2.24) is 14.6 Å². The Morgan fingerprint density at radius 1 is 1.21 bits per heavy atom. The molecule has 0 aliphatic carbocycles. The second kappa shape index (κ2) is 9.34. The minimum absolute atomic E-state index is 0.0626. The van der Waals surface area contributed by atoms with Crippen molar-refractivity contribution in [1.29, 1.82) is 0 Å². The maximum absolute atomic E-state index is 12.3. The Morgan fingerprint density at radius 3 is 2.68 bits per heavy atom. The van der Waals surface area contributed by atoms with Crippen LogP contribution in [-0.4, -0.2) is 26.3 Å². The number of hydrogen-bond donors (Lipinski definition) is 1. The zero-order valence-electron chi connectivity index (χ0n) is 16.3. The van der Waals surface area contributed by atoms with Gasteiger partial charge in [-0.1, -0.05) is 30.7 Å². The van der Waals surface area contributed by atoms with Gasteiger partial charge in [-0.05, 0) is 43.5 Å². The first-order valence-corrected chi connectivity index (χ1v) is 11.3. The Kier molecular flexibility index (Phi) is 6.85. The van der Waals surface area contributed by atoms with Crippen molar-refractivity contribution in [2.24, 2.45) is 0 Å². The van der Waals surface area contributed by atoms with E-state index in [0.29, 0.717) is 22.2 Å². The Hall–Kier alpha value is -2.19. The molecular weight excluding hydrogens is 392 g/mol. The molecule has 28 heavy (non-hydrogen) atoms. The lowest BCUT2D eigenvalue weighted by Gasteiger charge is -2.07. The summed E-state index contributed by atoms with van der Waals surface area (Å²) in [6, 6.07) is 7.47. The minimum Gasteiger partial charge on any atom is -0.325 e. The molecule has 0 saturated heterocycles. The lowest BCUT2D eigenvalue weighted by molar-refractivity contribution is -0.113. The Labute approximate surface area is 172 Å². The topological polar surface area (TPSA) is 76.4 Å². The normalized spacial score (nSPS) is 11.1. The van der Waals surface area contributed by atoms with Crippen molar-refractivity contribution >= 4 is 39.7 Å². The van der Waals surface area contributed by atoms with E-state index in [1.807, 2.05) is 26.0 Å². The highest BCUT2D eigenvalue weighted by molar-refractivity contribution is 7.99. The highest BCUT2D eigenvalue weighted by Crippen LogP contribution is 2.17. The molecule has 0 radical (unpaired) electrons. The number of carbonyl (C=O) groups is 1. The van der Waals surface area contributed by atoms with E-state index < -0.39 is 0 Å². The summed E-state index contributed by atoms with van der Waals surface area (Å²) in [4.78, 5) is 29.6. The summed E-state index contributed by atoms with van der Waals surface area (Å²) < 4.78 is 1.37. The molecule has 0 aliphatic rings. The quantitative estimate of drug-likeness (QED) is 0.601. The van der Waals surface area contributed by atoms with E-state index in [0.717, 1.165) is 41.1 Å². The Balaban J connectivity index is 1.58. The molecule has 2 heterocycles. The fraction of sp³-hybridized carbons (Fsp3) is 0.400. The molecule has 1 amide bonds. The molecule has 3 rings (SSSR count). The number of rotatable bonds is 8. The molecular formula is C20H24N4O2S2. The van der Waals surface area contributed by atoms with Gasteiger partial charge in [0, 0.05) is 23.9 Å². The van der Waals surface area contributed by atoms with Gasteiger partial charge in [-0.2, -0.15) is 9.61 Å². The summed E-state index contributed by atoms with van der Waals surface area (Å²) >= 11 is 2.90. The SMILES string of the molecule is CCCCc1nn2c(=O)cc(CSCC(=O)Nc3cc(C)cc(C)c3)nc2s1. The lowest BCUT2D eigenvalue weighted by Crippen LogP contribution is -2.16. The molecule has 2 aromatic heterocycles. The van der Waals surface area contributed by atoms with E-state index in [4.69, 9.17) is 0 Å². The Bertz CT molecular complexity index is 1020. The summed E-state index contributed by atoms with van der Waals surface area (Å²) in [5.74, 6) is 0.750. The molecule has 6 nitrogen and oxygen atoms in total. The number of hydrogen-bond acceptors (Lipinski definition) is 6. The Morgan fingerprint density at radius 2 is 1.96 bits per heavy atom. The number of thioether (sulfide) groups is 1. The van der Waals surface area contributed by atoms with Gasteiger partial charge >= 0.3 is 0 Å². The number of amides is 1. The third-order valence-electron chi connectivity index (χ3n) is 4.07. The number of benzene rings is 1. The van der Waals surface area contributed by atoms with Crippen LogP contribution in [0.1, 0.15) is 41.6 Å². The number of unbranched alkanes of at least 4 members (excludes halogenated alkanes) is 1. The van der Waals surface area contributed by atoms with E-state index in [-0.39, 0.29) is 11.5 Å². The third-order valence-corrected chi connectivity index (χ3v) is 6.01. The molecule has 0 unspecified atom stereocenters. The number of aryl methyl sites for hydroxylation is 3. The number of fused-ring (bicyclic) bond motifs is 1. The van der Waals surface area contributed by atoms with Crippen molar-refractivity contribution < 1.29 is 4.79 Å². The summed E-state index contributed by atoms with van der Waals surface area (Å²) in [7, 11) is 0. The number of nitrogens with one attached hydrogen (secondary N) is 1. The first kappa shape index (κ1) is 20.5. The van der Waals surface area contributed by atoms with Gasteiger partial charge in [-0.15, -0.1) is 11.8 Å². The van der Waals surface area contributed by atoms with Gasteiger partial charge < -0.3 is 5.32 Å². The zero-order valence-corrected chi connectivity index (χ0v) is 18.0. The largest absolute Gasteiger partial charge is 0.325 e. The van der Waals surface area contributed by atoms with Crippen LogP contribution in [0, 0.1) is 13.8 Å². The molecule has 148 valence electrons. The number of nitrogens with zero attached hydrogens (tertiary/aromatic N) is 3. The molecule has 1 aromatic carbocycles. The van der Waals surface area contributed by atoms with Gasteiger partial charge in [-0.3, -0.25) is 9.59 Å². The molecule has 0 bridgehead atoms. The average Bonchev–Trinajstić information content (AvgIpc) is 3.02. The van der Waals surface area contributed by atoms with Gasteiger partial charge in [0.1, 0.15) is 5.01 Å². The molecule has 0 aliphatic heterocycles. The fourth-order valence-electron chi connectivity index (χ4n) is 2.89. The average molecular weight is 417 g/mol. The maximum Gasteiger partial charge on any atom is 0.275 e. The smallest absolute Gasteiger partial charge is 0.275 e. The molecule has 3 aromatic rings. The highest BCUT2D eigenvalue weighted by atomic mass is 32.2. The van der Waals surface area contributed by atoms with Gasteiger partial charge in [0.25, 0.3) is 5.56 Å². The number of aromatic nitrogens is 3. The summed E-state index contributed by atoms with van der Waals surface area (Å²) in [6.07, 6.45) is 3.00. The maximum atomic E-state index is 12.3. The van der Waals surface area contributed by atoms with Crippen molar-refractivity contribution in [2.75, 3.05) is 11.1 Å². The lowest BCUT2D eigenvalue weighted by atomic mass is 10.1. The highest BCUT2D eigenvalue weighted by Gasteiger charge is 2.10. The van der Waals surface area contributed by atoms with Crippen molar-refractivity contribution in [3.8, 4) is 0 Å². The van der Waals surface area contributed by atoms with Gasteiger partial charge in [0.15, 0.2) is 0 Å². The second-order valence-electron chi connectivity index (χ2n) is 6.80. The van der Waals surface area contributed by atoms with E-state index in [1.165, 1.54) is 33.7 Å². The van der Waals surface area contributed by atoms with Crippen molar-refractivity contribution in [3.63, 3.8) is 0 Å². The van der Waals surface area contributed by atoms with Crippen LogP contribution in [0.15, 0.2) is 29.1 Å². The summed E-state index contributed by atoms with van der Waals surface area (Å²) in [5.41, 5.74) is 3.55. The third kappa shape index (κ3) is 5.42. The van der Waals surface area contributed by atoms with Crippen LogP contribution in [0.25, 0.3) is 4.96 Å². The van der Waals surface area contributed by atoms with Crippen LogP contribution < -0.4 is 10.9 Å². The first-order chi connectivity index (χ1) is 13.4. The molecule has 0 fully saturated rings. The predicted octanol–water partition coefficient (Wildman–Crippen LogP) is 3.98. The van der Waals surface area contributed by atoms with E-state index in [1.54, 1.807) is 0 Å². The monoisotopic (exact) mass is 416 g/mol. The second-order valence-corrected chi connectivity index (χ2v) is 8.82. The van der Waals surface area contributed by atoms with Crippen LogP contribution >= 0.6 is 23.1 Å². The first-order valence-electron chi connectivity index (χ1n) is 9.29. The molecule has 1 N–H and O–H groups in total. The summed E-state index contributed by atoms with van der Waals surface area (Å²) in [6.45, 7) is 6.14. The van der Waals surface area contributed by atoms with Crippen molar-refractivity contribution in [3.05, 3.63) is 56.4 Å². The fourth-order valence-corrected chi connectivity index (χ4v) is 4.57. The standard InChI is InChI=1S/C20H24N4O2S2/c1-4-5-6-18-23-24-19(26)10-16(22-20(24)28-18)11-27-12-17(25)21-15-8-13(2)7-14(3)9-15/h7-10H,4-6,11-12H2,1-3H3,(H,21,25). The van der Waals surface area contributed by atoms with E-state index in [9.17, 15) is 9.59 Å². The minimum atomic E-state index is -0.167. The van der Waals surface area contributed by atoms with Gasteiger partial charge in [0.2, 0.25) is 10.9 Å². The van der Waals surface area contributed by atoms with Crippen LogP contribution in [-0.2, 0) is 17.0 Å². The van der Waals surface area contributed by atoms with Crippen molar-refractivity contribution in [2.45, 2.75) is 45.8 Å². The van der Waals surface area contributed by atoms with Crippen LogP contribution in [0.2, 0.25) is 0 Å². The zero-order chi connectivity index (χ0) is 20.1. The van der Waals surface area contributed by atoms with Crippen LogP contribution in [0.5, 0.6) is 0 Å². The van der Waals surface area contributed by atoms with Crippen LogP contribution in [0.3, 0.4) is 0 Å². The predicted molar refractivity (Wildman–Crippen MR) is 116 cm³/mol. The van der Waals surface area contributed by atoms with E-state index >= 15 is 0 Å². The van der Waals surface area contributed by atoms with Gasteiger partial charge in [-0.25, -0.2) is 4.98 Å². The molecule has 8 heteroatoms. The van der Waals surface area contributed by atoms with Crippen LogP contribution in [0.4, 0.5) is 5.69 Å². The molecule has 0 atom stereocenters. The van der Waals surface area contributed by atoms with E-state index in [2.05, 4.69) is 28.4 Å². The van der Waals surface area contributed by atoms with Gasteiger partial charge in [0.05, 0.1) is 11.4 Å². The molecule has 0 spiro atoms. The number of anilines is 1.